The Labute approximate surface area is 126 Å². The van der Waals surface area contributed by atoms with Crippen LogP contribution in [0.15, 0.2) is 48.5 Å². The van der Waals surface area contributed by atoms with Crippen LogP contribution in [0, 0.1) is 0 Å². The smallest absolute Gasteiger partial charge is 0.122 e. The molecule has 3 N–H and O–H groups in total. The van der Waals surface area contributed by atoms with Gasteiger partial charge in [-0.3, -0.25) is 0 Å². The maximum Gasteiger partial charge on any atom is 0.122 e. The van der Waals surface area contributed by atoms with Gasteiger partial charge in [0.15, 0.2) is 0 Å². The Morgan fingerprint density at radius 2 is 1.67 bits per heavy atom. The molecule has 21 heavy (non-hydrogen) atoms. The summed E-state index contributed by atoms with van der Waals surface area (Å²) >= 11 is 0. The predicted molar refractivity (Wildman–Crippen MR) is 85.6 cm³/mol. The quantitative estimate of drug-likeness (QED) is 0.857. The monoisotopic (exact) mass is 285 g/mol. The molecule has 0 saturated carbocycles. The van der Waals surface area contributed by atoms with Gasteiger partial charge in [-0.25, -0.2) is 0 Å². The third kappa shape index (κ3) is 3.26. The molecule has 3 heteroatoms. The number of benzene rings is 2. The fourth-order valence-corrected chi connectivity index (χ4v) is 2.76. The van der Waals surface area contributed by atoms with Gasteiger partial charge < -0.3 is 15.6 Å². The Hall–Kier alpha value is -1.84. The van der Waals surface area contributed by atoms with Crippen LogP contribution in [-0.2, 0) is 6.42 Å². The van der Waals surface area contributed by atoms with Crippen molar-refractivity contribution in [3.05, 3.63) is 65.2 Å². The van der Waals surface area contributed by atoms with Crippen molar-refractivity contribution in [3.63, 3.8) is 0 Å². The number of ether oxygens (including phenoxy) is 1. The average Bonchev–Trinajstić information content (AvgIpc) is 2.55. The molecule has 0 radical (unpaired) electrons. The summed E-state index contributed by atoms with van der Waals surface area (Å²) in [6.07, 6.45) is 0.249. The van der Waals surface area contributed by atoms with Gasteiger partial charge in [-0.05, 0) is 23.6 Å². The molecule has 3 nitrogen and oxygen atoms in total. The Balaban J connectivity index is 2.41. The van der Waals surface area contributed by atoms with Gasteiger partial charge in [0.2, 0.25) is 0 Å². The summed E-state index contributed by atoms with van der Waals surface area (Å²) in [4.78, 5) is 0. The summed E-state index contributed by atoms with van der Waals surface area (Å²) in [6.45, 7) is 2.45. The number of aliphatic hydroxyl groups is 1. The minimum absolute atomic E-state index is 0.186. The number of hydrogen-bond acceptors (Lipinski definition) is 3. The van der Waals surface area contributed by atoms with Gasteiger partial charge in [0.05, 0.1) is 13.2 Å². The molecule has 2 rings (SSSR count). The minimum Gasteiger partial charge on any atom is -0.496 e. The lowest BCUT2D eigenvalue weighted by molar-refractivity contribution is 0.145. The Bertz CT molecular complexity index is 583. The molecule has 2 unspecified atom stereocenters. The molecule has 0 spiro atoms. The molecule has 0 bridgehead atoms. The van der Waals surface area contributed by atoms with Gasteiger partial charge >= 0.3 is 0 Å². The standard InChI is InChI=1S/C18H23NO2/c1-3-13-8-4-5-9-14(13)18(20)16(12-19)15-10-6-7-11-17(15)21-2/h4-11,16,18,20H,3,12,19H2,1-2H3. The predicted octanol–water partition coefficient (Wildman–Crippen LogP) is 3.03. The van der Waals surface area contributed by atoms with E-state index in [0.29, 0.717) is 6.54 Å². The summed E-state index contributed by atoms with van der Waals surface area (Å²) in [6, 6.07) is 15.7. The van der Waals surface area contributed by atoms with Crippen LogP contribution in [0.5, 0.6) is 5.75 Å². The topological polar surface area (TPSA) is 55.5 Å². The van der Waals surface area contributed by atoms with E-state index in [-0.39, 0.29) is 5.92 Å². The van der Waals surface area contributed by atoms with E-state index in [1.54, 1.807) is 7.11 Å². The SMILES string of the molecule is CCc1ccccc1C(O)C(CN)c1ccccc1OC. The van der Waals surface area contributed by atoms with Crippen LogP contribution in [0.3, 0.4) is 0 Å². The average molecular weight is 285 g/mol. The lowest BCUT2D eigenvalue weighted by Gasteiger charge is -2.25. The number of hydrogen-bond donors (Lipinski definition) is 2. The minimum atomic E-state index is -0.637. The molecule has 2 aromatic rings. The fraction of sp³-hybridized carbons (Fsp3) is 0.333. The molecule has 2 aromatic carbocycles. The van der Waals surface area contributed by atoms with E-state index in [0.717, 1.165) is 28.9 Å². The molecule has 0 aliphatic heterocycles. The van der Waals surface area contributed by atoms with E-state index in [9.17, 15) is 5.11 Å². The highest BCUT2D eigenvalue weighted by molar-refractivity contribution is 5.40. The zero-order valence-electron chi connectivity index (χ0n) is 12.6. The molecule has 0 aromatic heterocycles. The second-order valence-electron chi connectivity index (χ2n) is 5.08. The molecule has 112 valence electrons. The van der Waals surface area contributed by atoms with E-state index >= 15 is 0 Å². The Morgan fingerprint density at radius 3 is 2.29 bits per heavy atom. The largest absolute Gasteiger partial charge is 0.496 e. The summed E-state index contributed by atoms with van der Waals surface area (Å²) < 4.78 is 5.40. The fourth-order valence-electron chi connectivity index (χ4n) is 2.76. The zero-order chi connectivity index (χ0) is 15.2. The molecule has 0 heterocycles. The molecule has 0 aliphatic carbocycles. The maximum atomic E-state index is 10.8. The number of aryl methyl sites for hydroxylation is 1. The molecule has 0 aliphatic rings. The third-order valence-electron chi connectivity index (χ3n) is 3.93. The Kier molecular flexibility index (Phi) is 5.37. The van der Waals surface area contributed by atoms with Crippen molar-refractivity contribution in [3.8, 4) is 5.75 Å². The lowest BCUT2D eigenvalue weighted by atomic mass is 9.86. The van der Waals surface area contributed by atoms with Crippen LogP contribution in [0.1, 0.15) is 35.6 Å². The van der Waals surface area contributed by atoms with Crippen molar-refractivity contribution >= 4 is 0 Å². The molecular weight excluding hydrogens is 262 g/mol. The molecule has 0 fully saturated rings. The van der Waals surface area contributed by atoms with Crippen LogP contribution in [0.2, 0.25) is 0 Å². The maximum absolute atomic E-state index is 10.8. The van der Waals surface area contributed by atoms with Gasteiger partial charge in [0, 0.05) is 18.0 Å². The number of nitrogens with two attached hydrogens (primary N) is 1. The van der Waals surface area contributed by atoms with Crippen molar-refractivity contribution in [2.24, 2.45) is 5.73 Å². The molecular formula is C18H23NO2. The first-order valence-corrected chi connectivity index (χ1v) is 7.31. The normalized spacial score (nSPS) is 13.7. The summed E-state index contributed by atoms with van der Waals surface area (Å²) in [5.41, 5.74) is 8.98. The summed E-state index contributed by atoms with van der Waals surface area (Å²) in [5, 5.41) is 10.8. The second kappa shape index (κ2) is 7.25. The lowest BCUT2D eigenvalue weighted by Crippen LogP contribution is -2.21. The van der Waals surface area contributed by atoms with E-state index in [1.165, 1.54) is 0 Å². The van der Waals surface area contributed by atoms with Crippen LogP contribution >= 0.6 is 0 Å². The highest BCUT2D eigenvalue weighted by Gasteiger charge is 2.25. The highest BCUT2D eigenvalue weighted by Crippen LogP contribution is 2.36. The van der Waals surface area contributed by atoms with Crippen molar-refractivity contribution in [1.29, 1.82) is 0 Å². The summed E-state index contributed by atoms with van der Waals surface area (Å²) in [5.74, 6) is 0.579. The van der Waals surface area contributed by atoms with Gasteiger partial charge in [-0.2, -0.15) is 0 Å². The molecule has 2 atom stereocenters. The zero-order valence-corrected chi connectivity index (χ0v) is 12.6. The number of para-hydroxylation sites is 1. The Morgan fingerprint density at radius 1 is 1.05 bits per heavy atom. The first-order valence-electron chi connectivity index (χ1n) is 7.31. The van der Waals surface area contributed by atoms with E-state index in [2.05, 4.69) is 6.92 Å². The van der Waals surface area contributed by atoms with Gasteiger partial charge in [-0.1, -0.05) is 49.4 Å². The number of rotatable bonds is 6. The van der Waals surface area contributed by atoms with Crippen molar-refractivity contribution in [2.45, 2.75) is 25.4 Å². The van der Waals surface area contributed by atoms with Gasteiger partial charge in [0.1, 0.15) is 5.75 Å². The van der Waals surface area contributed by atoms with Crippen LogP contribution in [0.25, 0.3) is 0 Å². The van der Waals surface area contributed by atoms with Gasteiger partial charge in [-0.15, -0.1) is 0 Å². The van der Waals surface area contributed by atoms with Crippen molar-refractivity contribution < 1.29 is 9.84 Å². The number of methoxy groups -OCH3 is 1. The number of aliphatic hydroxyl groups excluding tert-OH is 1. The van der Waals surface area contributed by atoms with Crippen molar-refractivity contribution in [2.75, 3.05) is 13.7 Å². The van der Waals surface area contributed by atoms with Crippen LogP contribution in [0.4, 0.5) is 0 Å². The van der Waals surface area contributed by atoms with E-state index in [1.807, 2.05) is 48.5 Å². The van der Waals surface area contributed by atoms with Gasteiger partial charge in [0.25, 0.3) is 0 Å². The van der Waals surface area contributed by atoms with Crippen LogP contribution < -0.4 is 10.5 Å². The summed E-state index contributed by atoms with van der Waals surface area (Å²) in [7, 11) is 1.64. The second-order valence-corrected chi connectivity index (χ2v) is 5.08. The van der Waals surface area contributed by atoms with Crippen LogP contribution in [-0.4, -0.2) is 18.8 Å². The highest BCUT2D eigenvalue weighted by atomic mass is 16.5. The first kappa shape index (κ1) is 15.5. The van der Waals surface area contributed by atoms with Crippen molar-refractivity contribution in [1.82, 2.24) is 0 Å². The third-order valence-corrected chi connectivity index (χ3v) is 3.93. The molecule has 0 saturated heterocycles. The first-order chi connectivity index (χ1) is 10.2. The van der Waals surface area contributed by atoms with E-state index in [4.69, 9.17) is 10.5 Å². The molecule has 0 amide bonds. The van der Waals surface area contributed by atoms with E-state index < -0.39 is 6.10 Å².